The zero-order valence-electron chi connectivity index (χ0n) is 14.4. The normalized spacial score (nSPS) is 16.1. The Labute approximate surface area is 142 Å². The van der Waals surface area contributed by atoms with Crippen LogP contribution in [0.25, 0.3) is 0 Å². The number of nitrogens with one attached hydrogen (secondary N) is 2. The van der Waals surface area contributed by atoms with Gasteiger partial charge in [0, 0.05) is 31.1 Å². The van der Waals surface area contributed by atoms with Crippen molar-refractivity contribution in [2.75, 3.05) is 13.6 Å². The van der Waals surface area contributed by atoms with Crippen molar-refractivity contribution in [2.45, 2.75) is 38.6 Å². The molecule has 1 saturated carbocycles. The quantitative estimate of drug-likeness (QED) is 0.653. The van der Waals surface area contributed by atoms with Crippen LogP contribution in [-0.2, 0) is 12.0 Å². The van der Waals surface area contributed by atoms with Crippen molar-refractivity contribution in [2.24, 2.45) is 4.99 Å². The second kappa shape index (κ2) is 6.67. The number of rotatable bonds is 5. The van der Waals surface area contributed by atoms with Gasteiger partial charge in [0.25, 0.3) is 0 Å². The van der Waals surface area contributed by atoms with Gasteiger partial charge in [0.15, 0.2) is 5.96 Å². The van der Waals surface area contributed by atoms with E-state index in [-0.39, 0.29) is 11.2 Å². The molecule has 1 aliphatic carbocycles. The van der Waals surface area contributed by atoms with E-state index in [9.17, 15) is 4.39 Å². The third-order valence-corrected chi connectivity index (χ3v) is 4.70. The lowest BCUT2D eigenvalue weighted by atomic mass is 9.96. The van der Waals surface area contributed by atoms with Gasteiger partial charge in [-0.15, -0.1) is 0 Å². The van der Waals surface area contributed by atoms with Crippen LogP contribution in [0.3, 0.4) is 0 Å². The summed E-state index contributed by atoms with van der Waals surface area (Å²) >= 11 is 0. The topological polar surface area (TPSA) is 49.6 Å². The first kappa shape index (κ1) is 16.6. The fourth-order valence-corrected chi connectivity index (χ4v) is 3.05. The van der Waals surface area contributed by atoms with Crippen molar-refractivity contribution in [3.63, 3.8) is 0 Å². The molecule has 0 radical (unpaired) electrons. The number of halogens is 1. The second-order valence-electron chi connectivity index (χ2n) is 6.51. The van der Waals surface area contributed by atoms with Gasteiger partial charge in [-0.2, -0.15) is 0 Å². The molecule has 3 rings (SSSR count). The van der Waals surface area contributed by atoms with Crippen molar-refractivity contribution in [1.82, 2.24) is 10.6 Å². The highest BCUT2D eigenvalue weighted by atomic mass is 19.1. The van der Waals surface area contributed by atoms with Gasteiger partial charge in [0.05, 0.1) is 0 Å². The molecule has 1 fully saturated rings. The number of hydrogen-bond donors (Lipinski definition) is 2. The summed E-state index contributed by atoms with van der Waals surface area (Å²) in [7, 11) is 1.75. The Balaban J connectivity index is 1.57. The van der Waals surface area contributed by atoms with Gasteiger partial charge < -0.3 is 15.1 Å². The van der Waals surface area contributed by atoms with Crippen molar-refractivity contribution in [1.29, 1.82) is 0 Å². The molecule has 1 aromatic carbocycles. The van der Waals surface area contributed by atoms with Crippen molar-refractivity contribution in [3.8, 4) is 0 Å². The van der Waals surface area contributed by atoms with Crippen LogP contribution >= 0.6 is 0 Å². The van der Waals surface area contributed by atoms with Crippen molar-refractivity contribution in [3.05, 3.63) is 58.8 Å². The minimum atomic E-state index is -0.174. The zero-order valence-corrected chi connectivity index (χ0v) is 14.4. The molecule has 5 heteroatoms. The summed E-state index contributed by atoms with van der Waals surface area (Å²) < 4.78 is 19.0. The van der Waals surface area contributed by atoms with Crippen LogP contribution in [0.5, 0.6) is 0 Å². The van der Waals surface area contributed by atoms with Gasteiger partial charge in [0.1, 0.15) is 17.3 Å². The van der Waals surface area contributed by atoms with Crippen LogP contribution in [0.2, 0.25) is 0 Å². The highest BCUT2D eigenvalue weighted by Gasteiger charge is 2.44. The first-order valence-corrected chi connectivity index (χ1v) is 8.29. The molecule has 0 amide bonds. The molecular formula is C19H24FN3O. The van der Waals surface area contributed by atoms with E-state index in [4.69, 9.17) is 4.42 Å². The van der Waals surface area contributed by atoms with E-state index in [1.54, 1.807) is 19.2 Å². The predicted octanol–water partition coefficient (Wildman–Crippen LogP) is 3.43. The summed E-state index contributed by atoms with van der Waals surface area (Å²) in [6.45, 7) is 5.32. The Morgan fingerprint density at radius 1 is 1.25 bits per heavy atom. The van der Waals surface area contributed by atoms with Gasteiger partial charge in [0.2, 0.25) is 0 Å². The molecule has 1 heterocycles. The summed E-state index contributed by atoms with van der Waals surface area (Å²) in [5.41, 5.74) is 2.22. The average molecular weight is 329 g/mol. The molecule has 0 bridgehead atoms. The van der Waals surface area contributed by atoms with Gasteiger partial charge in [-0.25, -0.2) is 4.39 Å². The number of furan rings is 1. The highest BCUT2D eigenvalue weighted by molar-refractivity contribution is 5.79. The molecule has 24 heavy (non-hydrogen) atoms. The van der Waals surface area contributed by atoms with E-state index < -0.39 is 0 Å². The Hall–Kier alpha value is -2.30. The highest BCUT2D eigenvalue weighted by Crippen LogP contribution is 2.47. The maximum absolute atomic E-state index is 13.5. The maximum atomic E-state index is 13.5. The fraction of sp³-hybridized carbons (Fsp3) is 0.421. The molecule has 128 valence electrons. The SMILES string of the molecule is CN=C(NCc1cc(C)oc1C)NCC1(c2cccc(F)c2)CC1. The summed E-state index contributed by atoms with van der Waals surface area (Å²) in [5.74, 6) is 2.41. The van der Waals surface area contributed by atoms with E-state index in [0.717, 1.165) is 48.0 Å². The number of nitrogens with zero attached hydrogens (tertiary/aromatic N) is 1. The molecule has 4 nitrogen and oxygen atoms in total. The number of benzene rings is 1. The fourth-order valence-electron chi connectivity index (χ4n) is 3.05. The molecule has 0 aliphatic heterocycles. The first-order valence-electron chi connectivity index (χ1n) is 8.29. The molecule has 0 unspecified atom stereocenters. The lowest BCUT2D eigenvalue weighted by Crippen LogP contribution is -2.40. The first-order chi connectivity index (χ1) is 11.5. The molecule has 0 spiro atoms. The lowest BCUT2D eigenvalue weighted by molar-refractivity contribution is 0.500. The second-order valence-corrected chi connectivity index (χ2v) is 6.51. The van der Waals surface area contributed by atoms with Crippen LogP contribution in [0.4, 0.5) is 4.39 Å². The van der Waals surface area contributed by atoms with Crippen LogP contribution < -0.4 is 10.6 Å². The van der Waals surface area contributed by atoms with E-state index in [2.05, 4.69) is 15.6 Å². The Morgan fingerprint density at radius 3 is 2.62 bits per heavy atom. The Bertz CT molecular complexity index is 747. The van der Waals surface area contributed by atoms with E-state index in [1.165, 1.54) is 6.07 Å². The van der Waals surface area contributed by atoms with Crippen LogP contribution in [0, 0.1) is 19.7 Å². The third kappa shape index (κ3) is 3.61. The van der Waals surface area contributed by atoms with Crippen LogP contribution in [0.15, 0.2) is 39.7 Å². The predicted molar refractivity (Wildman–Crippen MR) is 93.7 cm³/mol. The summed E-state index contributed by atoms with van der Waals surface area (Å²) in [6.07, 6.45) is 2.14. The Kier molecular flexibility index (Phi) is 4.60. The lowest BCUT2D eigenvalue weighted by Gasteiger charge is -2.19. The molecule has 0 saturated heterocycles. The van der Waals surface area contributed by atoms with E-state index in [0.29, 0.717) is 6.54 Å². The van der Waals surface area contributed by atoms with Crippen LogP contribution in [0.1, 0.15) is 35.5 Å². The Morgan fingerprint density at radius 2 is 2.04 bits per heavy atom. The molecule has 1 aromatic heterocycles. The minimum Gasteiger partial charge on any atom is -0.466 e. The van der Waals surface area contributed by atoms with E-state index in [1.807, 2.05) is 26.0 Å². The number of aryl methyl sites for hydroxylation is 2. The summed E-state index contributed by atoms with van der Waals surface area (Å²) in [4.78, 5) is 4.27. The standard InChI is InChI=1S/C19H24FN3O/c1-13-9-15(14(2)24-13)11-22-18(21-3)23-12-19(7-8-19)16-5-4-6-17(20)10-16/h4-6,9-10H,7-8,11-12H2,1-3H3,(H2,21,22,23). The van der Waals surface area contributed by atoms with Crippen molar-refractivity contribution < 1.29 is 8.81 Å². The number of hydrogen-bond acceptors (Lipinski definition) is 2. The molecule has 0 atom stereocenters. The average Bonchev–Trinajstić information content (AvgIpc) is 3.28. The van der Waals surface area contributed by atoms with Gasteiger partial charge >= 0.3 is 0 Å². The largest absolute Gasteiger partial charge is 0.466 e. The van der Waals surface area contributed by atoms with Crippen molar-refractivity contribution >= 4 is 5.96 Å². The zero-order chi connectivity index (χ0) is 17.2. The van der Waals surface area contributed by atoms with Gasteiger partial charge in [-0.05, 0) is 50.5 Å². The van der Waals surface area contributed by atoms with Gasteiger partial charge in [-0.3, -0.25) is 4.99 Å². The molecule has 2 N–H and O–H groups in total. The number of guanidine groups is 1. The van der Waals surface area contributed by atoms with E-state index >= 15 is 0 Å². The maximum Gasteiger partial charge on any atom is 0.191 e. The third-order valence-electron chi connectivity index (χ3n) is 4.70. The van der Waals surface area contributed by atoms with Gasteiger partial charge in [-0.1, -0.05) is 12.1 Å². The minimum absolute atomic E-state index is 0.0296. The summed E-state index contributed by atoms with van der Waals surface area (Å²) in [6, 6.07) is 8.95. The smallest absolute Gasteiger partial charge is 0.191 e. The summed E-state index contributed by atoms with van der Waals surface area (Å²) in [5, 5.41) is 6.68. The monoisotopic (exact) mass is 329 g/mol. The number of aliphatic imine (C=N–C) groups is 1. The van der Waals surface area contributed by atoms with Crippen LogP contribution in [-0.4, -0.2) is 19.6 Å². The molecular weight excluding hydrogens is 305 g/mol. The molecule has 1 aliphatic rings. The molecule has 2 aromatic rings.